The van der Waals surface area contributed by atoms with Crippen LogP contribution in [0.1, 0.15) is 32.2 Å². The molecule has 0 fully saturated rings. The Balaban J connectivity index is 1.42. The van der Waals surface area contributed by atoms with Crippen LogP contribution in [0.2, 0.25) is 0 Å². The van der Waals surface area contributed by atoms with Gasteiger partial charge in [0, 0.05) is 15.1 Å². The third-order valence-corrected chi connectivity index (χ3v) is 4.97. The number of fused-ring (bicyclic) bond motifs is 1. The van der Waals surface area contributed by atoms with Crippen molar-refractivity contribution in [1.82, 2.24) is 5.32 Å². The Morgan fingerprint density at radius 1 is 1.16 bits per heavy atom. The van der Waals surface area contributed by atoms with E-state index in [2.05, 4.69) is 5.32 Å². The van der Waals surface area contributed by atoms with Crippen LogP contribution in [0.25, 0.3) is 11.0 Å². The molecule has 0 spiro atoms. The number of para-hydroxylation sites is 1. The summed E-state index contributed by atoms with van der Waals surface area (Å²) < 4.78 is 10.8. The van der Waals surface area contributed by atoms with Gasteiger partial charge in [0.15, 0.2) is 5.76 Å². The van der Waals surface area contributed by atoms with Gasteiger partial charge in [0.25, 0.3) is 5.91 Å². The van der Waals surface area contributed by atoms with Crippen molar-refractivity contribution in [1.29, 1.82) is 0 Å². The number of carbonyl (C=O) groups is 1. The number of nitrogens with one attached hydrogen (secondary N) is 1. The van der Waals surface area contributed by atoms with Gasteiger partial charge in [-0.3, -0.25) is 4.79 Å². The lowest BCUT2D eigenvalue weighted by Crippen LogP contribution is -2.21. The molecule has 4 rings (SSSR count). The molecule has 3 aromatic heterocycles. The van der Waals surface area contributed by atoms with E-state index in [0.29, 0.717) is 17.9 Å². The Labute approximate surface area is 147 Å². The standard InChI is InChI=1S/C19H15NO4S/c21-18(15-6-3-9-23-15)17-8-7-13(25-17)11-20-19(22)16-10-12-4-1-2-5-14(12)24-16/h1-10,18,21H,11H2,(H,20,22)/t18-/m0/s1. The van der Waals surface area contributed by atoms with E-state index in [1.54, 1.807) is 18.2 Å². The van der Waals surface area contributed by atoms with Gasteiger partial charge in [-0.2, -0.15) is 0 Å². The highest BCUT2D eigenvalue weighted by atomic mass is 32.1. The number of furan rings is 2. The number of carbonyl (C=O) groups excluding carboxylic acids is 1. The number of amides is 1. The van der Waals surface area contributed by atoms with E-state index in [0.717, 1.165) is 15.1 Å². The van der Waals surface area contributed by atoms with Crippen LogP contribution < -0.4 is 5.32 Å². The van der Waals surface area contributed by atoms with Crippen molar-refractivity contribution in [2.75, 3.05) is 0 Å². The summed E-state index contributed by atoms with van der Waals surface area (Å²) in [5.74, 6) is 0.519. The van der Waals surface area contributed by atoms with Crippen LogP contribution in [0.15, 0.2) is 69.7 Å². The fourth-order valence-electron chi connectivity index (χ4n) is 2.57. The van der Waals surface area contributed by atoms with Crippen LogP contribution in [-0.4, -0.2) is 11.0 Å². The van der Waals surface area contributed by atoms with Crippen LogP contribution in [-0.2, 0) is 6.54 Å². The molecule has 0 saturated carbocycles. The van der Waals surface area contributed by atoms with E-state index in [1.807, 2.05) is 36.4 Å². The first-order valence-corrected chi connectivity index (χ1v) is 8.59. The first-order chi connectivity index (χ1) is 12.2. The van der Waals surface area contributed by atoms with E-state index >= 15 is 0 Å². The van der Waals surface area contributed by atoms with E-state index in [9.17, 15) is 9.90 Å². The maximum absolute atomic E-state index is 12.3. The molecule has 0 radical (unpaired) electrons. The number of hydrogen-bond acceptors (Lipinski definition) is 5. The number of rotatable bonds is 5. The molecule has 1 amide bonds. The summed E-state index contributed by atoms with van der Waals surface area (Å²) in [6, 6.07) is 16.4. The zero-order chi connectivity index (χ0) is 17.2. The van der Waals surface area contributed by atoms with E-state index in [-0.39, 0.29) is 11.7 Å². The molecule has 4 aromatic rings. The first kappa shape index (κ1) is 15.7. The topological polar surface area (TPSA) is 75.6 Å². The molecule has 3 heterocycles. The molecular weight excluding hydrogens is 338 g/mol. The second kappa shape index (κ2) is 6.58. The summed E-state index contributed by atoms with van der Waals surface area (Å²) in [5.41, 5.74) is 0.688. The van der Waals surface area contributed by atoms with Gasteiger partial charge < -0.3 is 19.3 Å². The van der Waals surface area contributed by atoms with Crippen LogP contribution in [0.3, 0.4) is 0 Å². The Morgan fingerprint density at radius 2 is 2.04 bits per heavy atom. The van der Waals surface area contributed by atoms with E-state index in [1.165, 1.54) is 17.6 Å². The Hall–Kier alpha value is -2.83. The predicted octanol–water partition coefficient (Wildman–Crippen LogP) is 4.10. The maximum Gasteiger partial charge on any atom is 0.287 e. The largest absolute Gasteiger partial charge is 0.466 e. The summed E-state index contributed by atoms with van der Waals surface area (Å²) in [4.78, 5) is 14.0. The summed E-state index contributed by atoms with van der Waals surface area (Å²) in [6.45, 7) is 0.366. The minimum absolute atomic E-state index is 0.266. The Bertz CT molecular complexity index is 966. The van der Waals surface area contributed by atoms with Gasteiger partial charge >= 0.3 is 0 Å². The average molecular weight is 353 g/mol. The molecule has 0 aliphatic carbocycles. The lowest BCUT2D eigenvalue weighted by atomic mass is 10.2. The first-order valence-electron chi connectivity index (χ1n) is 7.77. The number of hydrogen-bond donors (Lipinski definition) is 2. The average Bonchev–Trinajstić information content (AvgIpc) is 3.39. The van der Waals surface area contributed by atoms with E-state index in [4.69, 9.17) is 8.83 Å². The van der Waals surface area contributed by atoms with Crippen LogP contribution in [0, 0.1) is 0 Å². The van der Waals surface area contributed by atoms with Crippen molar-refractivity contribution in [3.05, 3.63) is 82.1 Å². The molecule has 126 valence electrons. The molecule has 1 aromatic carbocycles. The van der Waals surface area contributed by atoms with Crippen molar-refractivity contribution in [3.63, 3.8) is 0 Å². The molecule has 0 saturated heterocycles. The minimum atomic E-state index is -0.792. The highest BCUT2D eigenvalue weighted by molar-refractivity contribution is 7.12. The molecular formula is C19H15NO4S. The fraction of sp³-hybridized carbons (Fsp3) is 0.105. The lowest BCUT2D eigenvalue weighted by molar-refractivity contribution is 0.0925. The lowest BCUT2D eigenvalue weighted by Gasteiger charge is -2.04. The summed E-state index contributed by atoms with van der Waals surface area (Å²) in [7, 11) is 0. The SMILES string of the molecule is O=C(NCc1ccc([C@@H](O)c2ccco2)s1)c1cc2ccccc2o1. The highest BCUT2D eigenvalue weighted by Gasteiger charge is 2.16. The molecule has 5 nitrogen and oxygen atoms in total. The quantitative estimate of drug-likeness (QED) is 0.566. The normalized spacial score (nSPS) is 12.4. The summed E-state index contributed by atoms with van der Waals surface area (Å²) in [5, 5.41) is 14.0. The van der Waals surface area contributed by atoms with Crippen LogP contribution in [0.4, 0.5) is 0 Å². The summed E-state index contributed by atoms with van der Waals surface area (Å²) in [6.07, 6.45) is 0.737. The number of thiophene rings is 1. The number of benzene rings is 1. The monoisotopic (exact) mass is 353 g/mol. The molecule has 0 aliphatic rings. The molecule has 0 aliphatic heterocycles. The molecule has 0 bridgehead atoms. The fourth-order valence-corrected chi connectivity index (χ4v) is 3.52. The molecule has 0 unspecified atom stereocenters. The van der Waals surface area contributed by atoms with Crippen molar-refractivity contribution >= 4 is 28.2 Å². The van der Waals surface area contributed by atoms with Gasteiger partial charge in [0.1, 0.15) is 17.4 Å². The van der Waals surface area contributed by atoms with Crippen molar-refractivity contribution in [3.8, 4) is 0 Å². The second-order valence-corrected chi connectivity index (χ2v) is 6.75. The maximum atomic E-state index is 12.3. The molecule has 1 atom stereocenters. The molecule has 25 heavy (non-hydrogen) atoms. The molecule has 2 N–H and O–H groups in total. The third-order valence-electron chi connectivity index (χ3n) is 3.84. The smallest absolute Gasteiger partial charge is 0.287 e. The van der Waals surface area contributed by atoms with Gasteiger partial charge in [-0.05, 0) is 36.4 Å². The molecule has 6 heteroatoms. The van der Waals surface area contributed by atoms with Crippen molar-refractivity contribution in [2.24, 2.45) is 0 Å². The van der Waals surface area contributed by atoms with Gasteiger partial charge in [-0.1, -0.05) is 18.2 Å². The number of aliphatic hydroxyl groups is 1. The van der Waals surface area contributed by atoms with Gasteiger partial charge in [-0.25, -0.2) is 0 Å². The summed E-state index contributed by atoms with van der Waals surface area (Å²) >= 11 is 1.43. The van der Waals surface area contributed by atoms with Gasteiger partial charge in [0.05, 0.1) is 12.8 Å². The highest BCUT2D eigenvalue weighted by Crippen LogP contribution is 2.28. The second-order valence-electron chi connectivity index (χ2n) is 5.55. The minimum Gasteiger partial charge on any atom is -0.466 e. The zero-order valence-electron chi connectivity index (χ0n) is 13.1. The van der Waals surface area contributed by atoms with E-state index < -0.39 is 6.10 Å². The third kappa shape index (κ3) is 3.22. The van der Waals surface area contributed by atoms with Gasteiger partial charge in [-0.15, -0.1) is 11.3 Å². The Kier molecular flexibility index (Phi) is 4.13. The van der Waals surface area contributed by atoms with Crippen LogP contribution in [0.5, 0.6) is 0 Å². The predicted molar refractivity (Wildman–Crippen MR) is 94.5 cm³/mol. The van der Waals surface area contributed by atoms with Crippen molar-refractivity contribution < 1.29 is 18.7 Å². The Morgan fingerprint density at radius 3 is 2.84 bits per heavy atom. The zero-order valence-corrected chi connectivity index (χ0v) is 14.0. The van der Waals surface area contributed by atoms with Crippen molar-refractivity contribution in [2.45, 2.75) is 12.6 Å². The van der Waals surface area contributed by atoms with Gasteiger partial charge in [0.2, 0.25) is 0 Å². The number of aliphatic hydroxyl groups excluding tert-OH is 1. The van der Waals surface area contributed by atoms with Crippen LogP contribution >= 0.6 is 11.3 Å².